The van der Waals surface area contributed by atoms with Crippen LogP contribution in [0.25, 0.3) is 10.9 Å². The maximum Gasteiger partial charge on any atom is 0.323 e. The van der Waals surface area contributed by atoms with Gasteiger partial charge in [-0.3, -0.25) is 4.79 Å². The van der Waals surface area contributed by atoms with Gasteiger partial charge in [-0.15, -0.1) is 0 Å². The third-order valence-electron chi connectivity index (χ3n) is 5.91. The van der Waals surface area contributed by atoms with Gasteiger partial charge in [0.1, 0.15) is 12.3 Å². The number of sulfonamides is 1. The van der Waals surface area contributed by atoms with Gasteiger partial charge in [0.2, 0.25) is 10.0 Å². The lowest BCUT2D eigenvalue weighted by Gasteiger charge is -2.31. The molecule has 1 aromatic heterocycles. The topological polar surface area (TPSA) is 88.8 Å². The molecule has 1 aliphatic rings. The zero-order valence-corrected chi connectivity index (χ0v) is 20.1. The Morgan fingerprint density at radius 3 is 2.42 bits per heavy atom. The molecule has 2 heterocycles. The molecule has 1 aliphatic heterocycles. The normalized spacial score (nSPS) is 15.9. The second-order valence-electron chi connectivity index (χ2n) is 8.58. The smallest absolute Gasteiger partial charge is 0.323 e. The van der Waals surface area contributed by atoms with E-state index in [2.05, 4.69) is 0 Å². The van der Waals surface area contributed by atoms with Crippen molar-refractivity contribution in [3.63, 3.8) is 0 Å². The van der Waals surface area contributed by atoms with Crippen LogP contribution in [0.5, 0.6) is 5.75 Å². The quantitative estimate of drug-likeness (QED) is 0.517. The van der Waals surface area contributed by atoms with Crippen LogP contribution in [0.4, 0.5) is 0 Å². The fraction of sp³-hybridized carbons (Fsp3) is 0.375. The molecule has 9 heteroatoms. The number of aromatic nitrogens is 1. The molecule has 1 N–H and O–H groups in total. The van der Waals surface area contributed by atoms with Crippen LogP contribution in [0.15, 0.2) is 53.6 Å². The Balaban J connectivity index is 1.52. The molecule has 0 amide bonds. The number of hydrogen-bond acceptors (Lipinski definition) is 4. The lowest BCUT2D eigenvalue weighted by Crippen LogP contribution is -2.37. The van der Waals surface area contributed by atoms with E-state index in [1.807, 2.05) is 32.2 Å². The number of nitrogens with zero attached hydrogens (tertiary/aromatic N) is 2. The number of carboxylic acids is 1. The fourth-order valence-electron chi connectivity index (χ4n) is 4.42. The van der Waals surface area contributed by atoms with Crippen LogP contribution in [0.3, 0.4) is 0 Å². The van der Waals surface area contributed by atoms with Gasteiger partial charge in [0, 0.05) is 35.2 Å². The van der Waals surface area contributed by atoms with Crippen LogP contribution in [-0.2, 0) is 21.4 Å². The number of carbonyl (C=O) groups is 1. The van der Waals surface area contributed by atoms with Gasteiger partial charge in [0.25, 0.3) is 0 Å². The summed E-state index contributed by atoms with van der Waals surface area (Å²) in [6.45, 7) is 4.48. The number of benzene rings is 2. The molecule has 0 unspecified atom stereocenters. The Labute approximate surface area is 198 Å². The predicted molar refractivity (Wildman–Crippen MR) is 128 cm³/mol. The molecule has 0 saturated carbocycles. The molecule has 4 rings (SSSR count). The highest BCUT2D eigenvalue weighted by molar-refractivity contribution is 7.89. The number of halogens is 1. The highest BCUT2D eigenvalue weighted by atomic mass is 35.5. The Bertz CT molecular complexity index is 1260. The zero-order chi connectivity index (χ0) is 23.8. The molecule has 1 saturated heterocycles. The van der Waals surface area contributed by atoms with Crippen molar-refractivity contribution >= 4 is 38.5 Å². The van der Waals surface area contributed by atoms with Gasteiger partial charge in [-0.25, -0.2) is 8.42 Å². The van der Waals surface area contributed by atoms with E-state index in [1.54, 1.807) is 34.9 Å². The van der Waals surface area contributed by atoms with Crippen molar-refractivity contribution in [3.05, 3.63) is 59.2 Å². The van der Waals surface area contributed by atoms with Crippen molar-refractivity contribution in [1.29, 1.82) is 0 Å². The largest absolute Gasteiger partial charge is 0.491 e. The standard InChI is InChI=1S/C24H27ClN2O5S/c1-16(2)32-19-4-6-20(7-5-19)33(30,31)27-11-9-17(10-12-27)22-14-26(15-24(28)29)23-8-3-18(25)13-21(22)23/h3-8,13-14,16-17H,9-12,15H2,1-2H3,(H,28,29). The molecule has 0 spiro atoms. The van der Waals surface area contributed by atoms with Crippen molar-refractivity contribution in [2.45, 2.75) is 50.2 Å². The summed E-state index contributed by atoms with van der Waals surface area (Å²) in [5.41, 5.74) is 1.83. The first-order chi connectivity index (χ1) is 15.6. The maximum atomic E-state index is 13.1. The summed E-state index contributed by atoms with van der Waals surface area (Å²) in [6, 6.07) is 12.0. The monoisotopic (exact) mass is 490 g/mol. The van der Waals surface area contributed by atoms with E-state index < -0.39 is 16.0 Å². The van der Waals surface area contributed by atoms with Gasteiger partial charge in [-0.1, -0.05) is 11.6 Å². The molecule has 2 aromatic carbocycles. The highest BCUT2D eigenvalue weighted by Crippen LogP contribution is 2.37. The number of hydrogen-bond donors (Lipinski definition) is 1. The van der Waals surface area contributed by atoms with Crippen molar-refractivity contribution < 1.29 is 23.1 Å². The predicted octanol–water partition coefficient (Wildman–Crippen LogP) is 4.73. The SMILES string of the molecule is CC(C)Oc1ccc(S(=O)(=O)N2CCC(c3cn(CC(=O)O)c4ccc(Cl)cc34)CC2)cc1. The van der Waals surface area contributed by atoms with E-state index in [0.717, 1.165) is 16.5 Å². The number of aliphatic carboxylic acids is 1. The zero-order valence-electron chi connectivity index (χ0n) is 18.6. The molecule has 0 atom stereocenters. The van der Waals surface area contributed by atoms with Crippen molar-refractivity contribution in [2.75, 3.05) is 13.1 Å². The first-order valence-electron chi connectivity index (χ1n) is 10.9. The van der Waals surface area contributed by atoms with Gasteiger partial charge < -0.3 is 14.4 Å². The Hall–Kier alpha value is -2.55. The number of fused-ring (bicyclic) bond motifs is 1. The summed E-state index contributed by atoms with van der Waals surface area (Å²) in [5, 5.41) is 10.8. The molecular formula is C24H27ClN2O5S. The molecule has 1 fully saturated rings. The van der Waals surface area contributed by atoms with Gasteiger partial charge in [-0.05, 0) is 80.6 Å². The van der Waals surface area contributed by atoms with Crippen LogP contribution < -0.4 is 4.74 Å². The van der Waals surface area contributed by atoms with Gasteiger partial charge in [0.05, 0.1) is 11.0 Å². The third-order valence-corrected chi connectivity index (χ3v) is 8.05. The average molecular weight is 491 g/mol. The summed E-state index contributed by atoms with van der Waals surface area (Å²) in [5.74, 6) is -0.160. The minimum atomic E-state index is -3.60. The Morgan fingerprint density at radius 2 is 1.82 bits per heavy atom. The molecule has 176 valence electrons. The summed E-state index contributed by atoms with van der Waals surface area (Å²) in [4.78, 5) is 11.6. The summed E-state index contributed by atoms with van der Waals surface area (Å²) in [6.07, 6.45) is 3.18. The van der Waals surface area contributed by atoms with Gasteiger partial charge in [-0.2, -0.15) is 4.31 Å². The molecule has 0 radical (unpaired) electrons. The molecule has 33 heavy (non-hydrogen) atoms. The molecule has 7 nitrogen and oxygen atoms in total. The van der Waals surface area contributed by atoms with E-state index in [1.165, 1.54) is 4.31 Å². The second kappa shape index (κ2) is 9.37. The van der Waals surface area contributed by atoms with Gasteiger partial charge in [0.15, 0.2) is 0 Å². The lowest BCUT2D eigenvalue weighted by atomic mass is 9.90. The van der Waals surface area contributed by atoms with Gasteiger partial charge >= 0.3 is 5.97 Å². The molecule has 3 aromatic rings. The van der Waals surface area contributed by atoms with Crippen molar-refractivity contribution in [3.8, 4) is 5.75 Å². The number of carboxylic acid groups (broad SMARTS) is 1. The number of ether oxygens (including phenoxy) is 1. The van der Waals surface area contributed by atoms with E-state index in [-0.39, 0.29) is 23.5 Å². The summed E-state index contributed by atoms with van der Waals surface area (Å²) in [7, 11) is -3.60. The van der Waals surface area contributed by atoms with Crippen LogP contribution >= 0.6 is 11.6 Å². The Morgan fingerprint density at radius 1 is 1.15 bits per heavy atom. The molecular weight excluding hydrogens is 464 g/mol. The van der Waals surface area contributed by atoms with E-state index in [4.69, 9.17) is 16.3 Å². The first-order valence-corrected chi connectivity index (χ1v) is 12.7. The van der Waals surface area contributed by atoms with E-state index in [0.29, 0.717) is 36.7 Å². The lowest BCUT2D eigenvalue weighted by molar-refractivity contribution is -0.137. The highest BCUT2D eigenvalue weighted by Gasteiger charge is 2.31. The Kier molecular flexibility index (Phi) is 6.70. The second-order valence-corrected chi connectivity index (χ2v) is 11.0. The fourth-order valence-corrected chi connectivity index (χ4v) is 6.06. The minimum absolute atomic E-state index is 0.0165. The van der Waals surface area contributed by atoms with Crippen molar-refractivity contribution in [2.24, 2.45) is 0 Å². The minimum Gasteiger partial charge on any atom is -0.491 e. The van der Waals surface area contributed by atoms with E-state index in [9.17, 15) is 18.3 Å². The maximum absolute atomic E-state index is 13.1. The third kappa shape index (κ3) is 5.03. The van der Waals surface area contributed by atoms with E-state index >= 15 is 0 Å². The van der Waals surface area contributed by atoms with Crippen molar-refractivity contribution in [1.82, 2.24) is 8.87 Å². The molecule has 0 bridgehead atoms. The first kappa shape index (κ1) is 23.6. The number of rotatable bonds is 7. The van der Waals surface area contributed by atoms with Crippen LogP contribution in [0.2, 0.25) is 5.02 Å². The average Bonchev–Trinajstić information content (AvgIpc) is 3.10. The van der Waals surface area contributed by atoms with Crippen LogP contribution in [0, 0.1) is 0 Å². The number of piperidine rings is 1. The molecule has 0 aliphatic carbocycles. The summed E-state index contributed by atoms with van der Waals surface area (Å²) < 4.78 is 35.1. The van der Waals surface area contributed by atoms with Crippen LogP contribution in [0.1, 0.15) is 38.2 Å². The van der Waals surface area contributed by atoms with Crippen LogP contribution in [-0.4, -0.2) is 47.6 Å². The summed E-state index contributed by atoms with van der Waals surface area (Å²) >= 11 is 6.21.